The van der Waals surface area contributed by atoms with E-state index >= 15 is 0 Å². The zero-order chi connectivity index (χ0) is 4.28. The zero-order valence-corrected chi connectivity index (χ0v) is 5.10. The van der Waals surface area contributed by atoms with Crippen molar-refractivity contribution in [3.05, 3.63) is 0 Å². The first-order valence-corrected chi connectivity index (χ1v) is 4.19. The molecule has 0 aliphatic rings. The monoisotopic (exact) mass is 107 g/mol. The quantitative estimate of drug-likeness (QED) is 0.380. The van der Waals surface area contributed by atoms with E-state index < -0.39 is 0 Å². The maximum atomic E-state index is 3.98. The molecule has 0 rings (SSSR count). The van der Waals surface area contributed by atoms with Crippen molar-refractivity contribution in [3.8, 4) is 0 Å². The number of hydrogen-bond donors (Lipinski definition) is 1. The minimum atomic E-state index is 0.0159. The Morgan fingerprint density at radius 2 is 2.20 bits per heavy atom. The molecule has 0 saturated heterocycles. The topological polar surface area (TPSA) is 0 Å². The molecule has 30 valence electrons. The molecule has 0 aliphatic carbocycles. The van der Waals surface area contributed by atoms with Gasteiger partial charge in [-0.25, -0.2) is 0 Å². The van der Waals surface area contributed by atoms with Gasteiger partial charge in [-0.05, 0) is 0 Å². The van der Waals surface area contributed by atoms with E-state index in [0.29, 0.717) is 0 Å². The van der Waals surface area contributed by atoms with Gasteiger partial charge in [0.05, 0.1) is 20.5 Å². The van der Waals surface area contributed by atoms with Crippen molar-refractivity contribution in [1.82, 2.24) is 0 Å². The first-order valence-electron chi connectivity index (χ1n) is 1.40. The highest BCUT2D eigenvalue weighted by atomic mass is 32.1. The SMILES string of the molecule is C=[P+](C)CS. The van der Waals surface area contributed by atoms with Crippen molar-refractivity contribution in [2.24, 2.45) is 0 Å². The summed E-state index contributed by atoms with van der Waals surface area (Å²) < 4.78 is 0. The lowest BCUT2D eigenvalue weighted by molar-refractivity contribution is 2.20. The molecular weight excluding hydrogens is 99.1 g/mol. The van der Waals surface area contributed by atoms with Gasteiger partial charge in [0.25, 0.3) is 0 Å². The van der Waals surface area contributed by atoms with Gasteiger partial charge in [0.15, 0.2) is 0 Å². The van der Waals surface area contributed by atoms with Crippen LogP contribution in [0, 0.1) is 0 Å². The Morgan fingerprint density at radius 3 is 2.20 bits per heavy atom. The number of rotatable bonds is 1. The van der Waals surface area contributed by atoms with E-state index in [9.17, 15) is 0 Å². The van der Waals surface area contributed by atoms with Crippen LogP contribution in [0.3, 0.4) is 0 Å². The van der Waals surface area contributed by atoms with Crippen LogP contribution in [0.4, 0.5) is 0 Å². The van der Waals surface area contributed by atoms with Crippen LogP contribution < -0.4 is 0 Å². The Hall–Kier alpha value is 0.520. The van der Waals surface area contributed by atoms with Crippen molar-refractivity contribution >= 4 is 26.5 Å². The Kier molecular flexibility index (Phi) is 3.03. The van der Waals surface area contributed by atoms with Crippen LogP contribution in [0.15, 0.2) is 0 Å². The normalized spacial score (nSPS) is 11.2. The van der Waals surface area contributed by atoms with Gasteiger partial charge in [-0.1, -0.05) is 0 Å². The molecule has 0 amide bonds. The third-order valence-corrected chi connectivity index (χ3v) is 2.17. The first kappa shape index (κ1) is 5.52. The standard InChI is InChI=1S/C3H7PS/c1-4(2)3-5/h1,3H2,2H3/p+1. The molecule has 0 N–H and O–H groups in total. The summed E-state index contributed by atoms with van der Waals surface area (Å²) >= 11 is 3.98. The summed E-state index contributed by atoms with van der Waals surface area (Å²) in [6.45, 7) is 2.10. The maximum absolute atomic E-state index is 3.98. The molecule has 0 saturated carbocycles. The lowest BCUT2D eigenvalue weighted by atomic mass is 11.9. The molecule has 2 heteroatoms. The van der Waals surface area contributed by atoms with Crippen LogP contribution >= 0.6 is 20.2 Å². The molecule has 0 aromatic rings. The van der Waals surface area contributed by atoms with E-state index in [1.807, 2.05) is 0 Å². The highest BCUT2D eigenvalue weighted by Gasteiger charge is 1.82. The largest absolute Gasteiger partial charge is 0.148 e. The molecule has 0 nitrogen and oxygen atoms in total. The third kappa shape index (κ3) is 4.52. The molecule has 1 atom stereocenters. The maximum Gasteiger partial charge on any atom is 0.148 e. The first-order chi connectivity index (χ1) is 2.27. The molecule has 0 aromatic carbocycles. The summed E-state index contributed by atoms with van der Waals surface area (Å²) in [5.41, 5.74) is 0.954. The summed E-state index contributed by atoms with van der Waals surface area (Å²) in [6, 6.07) is 0. The second kappa shape index (κ2) is 2.74. The van der Waals surface area contributed by atoms with E-state index in [-0.39, 0.29) is 7.55 Å². The Bertz CT molecular complexity index is 42.2. The molecule has 0 radical (unpaired) electrons. The van der Waals surface area contributed by atoms with Crippen LogP contribution in [0.5, 0.6) is 0 Å². The smallest absolute Gasteiger partial charge is 0.132 e. The van der Waals surface area contributed by atoms with Crippen LogP contribution in [0.2, 0.25) is 0 Å². The van der Waals surface area contributed by atoms with Gasteiger partial charge in [0.1, 0.15) is 5.49 Å². The molecule has 0 aliphatic heterocycles. The van der Waals surface area contributed by atoms with Gasteiger partial charge in [-0.3, -0.25) is 0 Å². The fraction of sp³-hybridized carbons (Fsp3) is 0.667. The Balaban J connectivity index is 2.85. The molecular formula is C3H8PS+. The van der Waals surface area contributed by atoms with Crippen molar-refractivity contribution in [2.75, 3.05) is 12.2 Å². The summed E-state index contributed by atoms with van der Waals surface area (Å²) in [5.74, 6) is 0. The lowest BCUT2D eigenvalue weighted by Crippen LogP contribution is -1.51. The molecule has 0 heterocycles. The van der Waals surface area contributed by atoms with E-state index in [2.05, 4.69) is 25.6 Å². The highest BCUT2D eigenvalue weighted by Crippen LogP contribution is 2.11. The summed E-state index contributed by atoms with van der Waals surface area (Å²) in [4.78, 5) is 0. The molecule has 0 spiro atoms. The fourth-order valence-corrected chi connectivity index (χ4v) is 0. The average Bonchev–Trinajstić information content (AvgIpc) is 1.38. The van der Waals surface area contributed by atoms with Gasteiger partial charge in [0, 0.05) is 0 Å². The molecule has 1 unspecified atom stereocenters. The second-order valence-corrected chi connectivity index (χ2v) is 3.84. The van der Waals surface area contributed by atoms with Crippen molar-refractivity contribution < 1.29 is 0 Å². The molecule has 5 heavy (non-hydrogen) atoms. The molecule has 0 aromatic heterocycles. The van der Waals surface area contributed by atoms with E-state index in [1.165, 1.54) is 0 Å². The van der Waals surface area contributed by atoms with Gasteiger partial charge in [-0.2, -0.15) is 0 Å². The van der Waals surface area contributed by atoms with Gasteiger partial charge >= 0.3 is 0 Å². The molecule has 0 bridgehead atoms. The second-order valence-electron chi connectivity index (χ2n) is 0.997. The number of hydrogen-bond acceptors (Lipinski definition) is 1. The van der Waals surface area contributed by atoms with Crippen molar-refractivity contribution in [1.29, 1.82) is 0 Å². The average molecular weight is 107 g/mol. The third-order valence-electron chi connectivity index (χ3n) is 0.241. The van der Waals surface area contributed by atoms with Gasteiger partial charge in [0.2, 0.25) is 0 Å². The van der Waals surface area contributed by atoms with Gasteiger partial charge in [-0.15, -0.1) is 12.6 Å². The minimum absolute atomic E-state index is 0.0159. The summed E-state index contributed by atoms with van der Waals surface area (Å²) in [6.07, 6.45) is 3.75. The predicted molar refractivity (Wildman–Crippen MR) is 33.8 cm³/mol. The van der Waals surface area contributed by atoms with E-state index in [4.69, 9.17) is 0 Å². The van der Waals surface area contributed by atoms with Crippen LogP contribution in [0.1, 0.15) is 0 Å². The van der Waals surface area contributed by atoms with Crippen LogP contribution in [-0.2, 0) is 0 Å². The van der Waals surface area contributed by atoms with Crippen LogP contribution in [0.25, 0.3) is 0 Å². The zero-order valence-electron chi connectivity index (χ0n) is 3.31. The Labute approximate surface area is 39.4 Å². The molecule has 0 fully saturated rings. The lowest BCUT2D eigenvalue weighted by Gasteiger charge is -1.65. The Morgan fingerprint density at radius 1 is 2.00 bits per heavy atom. The van der Waals surface area contributed by atoms with Gasteiger partial charge < -0.3 is 0 Å². The summed E-state index contributed by atoms with van der Waals surface area (Å²) in [5, 5.41) is 0. The summed E-state index contributed by atoms with van der Waals surface area (Å²) in [7, 11) is 0.0159. The predicted octanol–water partition coefficient (Wildman–Crippen LogP) is 1.42. The van der Waals surface area contributed by atoms with Crippen molar-refractivity contribution in [3.63, 3.8) is 0 Å². The fourth-order valence-electron chi connectivity index (χ4n) is 0. The number of thiol groups is 1. The van der Waals surface area contributed by atoms with Crippen LogP contribution in [-0.4, -0.2) is 18.5 Å². The minimum Gasteiger partial charge on any atom is -0.132 e. The highest BCUT2D eigenvalue weighted by molar-refractivity contribution is 7.88. The van der Waals surface area contributed by atoms with E-state index in [0.717, 1.165) is 5.49 Å². The van der Waals surface area contributed by atoms with Crippen molar-refractivity contribution in [2.45, 2.75) is 0 Å². The van der Waals surface area contributed by atoms with E-state index in [1.54, 1.807) is 0 Å².